The number of anilines is 1. The molecule has 6 nitrogen and oxygen atoms in total. The zero-order valence-corrected chi connectivity index (χ0v) is 17.9. The van der Waals surface area contributed by atoms with Crippen LogP contribution in [0.5, 0.6) is 0 Å². The SMILES string of the molecule is C[C@H]1C[C@H](C)CN(c2nc3ccccc3nc2[C@H](C#N)C(=O)OC2CCCCC2)C1. The summed E-state index contributed by atoms with van der Waals surface area (Å²) in [6.45, 7) is 6.16. The minimum atomic E-state index is -1.06. The van der Waals surface area contributed by atoms with Gasteiger partial charge in [0.05, 0.1) is 17.1 Å². The van der Waals surface area contributed by atoms with Crippen LogP contribution in [0.25, 0.3) is 11.0 Å². The fraction of sp³-hybridized carbons (Fsp3) is 0.583. The normalized spacial score (nSPS) is 23.7. The number of benzene rings is 1. The summed E-state index contributed by atoms with van der Waals surface area (Å²) in [7, 11) is 0. The maximum Gasteiger partial charge on any atom is 0.329 e. The van der Waals surface area contributed by atoms with Crippen molar-refractivity contribution < 1.29 is 9.53 Å². The Labute approximate surface area is 178 Å². The van der Waals surface area contributed by atoms with Crippen LogP contribution in [0.3, 0.4) is 0 Å². The molecule has 0 amide bonds. The first-order valence-electron chi connectivity index (χ1n) is 11.2. The molecule has 0 radical (unpaired) electrons. The van der Waals surface area contributed by atoms with Crippen LogP contribution in [0.4, 0.5) is 5.82 Å². The predicted octanol–water partition coefficient (Wildman–Crippen LogP) is 4.60. The van der Waals surface area contributed by atoms with E-state index in [1.165, 1.54) is 6.42 Å². The minimum absolute atomic E-state index is 0.0889. The van der Waals surface area contributed by atoms with Gasteiger partial charge in [-0.2, -0.15) is 5.26 Å². The number of nitriles is 1. The van der Waals surface area contributed by atoms with Crippen LogP contribution in [-0.2, 0) is 9.53 Å². The smallest absolute Gasteiger partial charge is 0.329 e. The number of nitrogens with zero attached hydrogens (tertiary/aromatic N) is 4. The fourth-order valence-corrected chi connectivity index (χ4v) is 4.91. The van der Waals surface area contributed by atoms with Crippen LogP contribution in [-0.4, -0.2) is 35.1 Å². The van der Waals surface area contributed by atoms with E-state index in [0.29, 0.717) is 28.9 Å². The second-order valence-electron chi connectivity index (χ2n) is 9.03. The number of piperidine rings is 1. The molecule has 6 heteroatoms. The Kier molecular flexibility index (Phi) is 6.17. The molecule has 2 fully saturated rings. The van der Waals surface area contributed by atoms with Gasteiger partial charge in [-0.05, 0) is 56.1 Å². The van der Waals surface area contributed by atoms with Gasteiger partial charge in [-0.1, -0.05) is 32.4 Å². The largest absolute Gasteiger partial charge is 0.461 e. The molecule has 2 heterocycles. The van der Waals surface area contributed by atoms with Gasteiger partial charge in [-0.3, -0.25) is 4.79 Å². The van der Waals surface area contributed by atoms with Gasteiger partial charge < -0.3 is 9.64 Å². The topological polar surface area (TPSA) is 79.1 Å². The molecule has 1 saturated carbocycles. The highest BCUT2D eigenvalue weighted by Crippen LogP contribution is 2.33. The van der Waals surface area contributed by atoms with E-state index < -0.39 is 11.9 Å². The van der Waals surface area contributed by atoms with Crippen molar-refractivity contribution in [2.75, 3.05) is 18.0 Å². The summed E-state index contributed by atoms with van der Waals surface area (Å²) in [4.78, 5) is 24.8. The van der Waals surface area contributed by atoms with E-state index in [1.54, 1.807) is 0 Å². The summed E-state index contributed by atoms with van der Waals surface area (Å²) in [5, 5.41) is 9.94. The first-order chi connectivity index (χ1) is 14.5. The number of para-hydroxylation sites is 2. The number of hydrogen-bond donors (Lipinski definition) is 0. The van der Waals surface area contributed by atoms with E-state index >= 15 is 0 Å². The molecule has 0 N–H and O–H groups in total. The standard InChI is InChI=1S/C24H30N4O2/c1-16-12-17(2)15-28(14-16)23-22(26-20-10-6-7-11-21(20)27-23)19(13-25)24(29)30-18-8-4-3-5-9-18/h6-7,10-11,16-19H,3-5,8-9,12,14-15H2,1-2H3/t16-,17-,19-/m0/s1. The molecule has 0 bridgehead atoms. The number of fused-ring (bicyclic) bond motifs is 1. The Balaban J connectivity index is 1.71. The van der Waals surface area contributed by atoms with E-state index in [1.807, 2.05) is 24.3 Å². The van der Waals surface area contributed by atoms with Crippen LogP contribution in [0, 0.1) is 23.2 Å². The number of carbonyl (C=O) groups is 1. The molecule has 1 aromatic heterocycles. The lowest BCUT2D eigenvalue weighted by molar-refractivity contribution is -0.150. The summed E-state index contributed by atoms with van der Waals surface area (Å²) in [5.74, 6) is 0.133. The quantitative estimate of drug-likeness (QED) is 0.691. The molecular formula is C24H30N4O2. The van der Waals surface area contributed by atoms with Gasteiger partial charge in [0.2, 0.25) is 0 Å². The van der Waals surface area contributed by atoms with Gasteiger partial charge in [-0.15, -0.1) is 0 Å². The molecular weight excluding hydrogens is 376 g/mol. The summed E-state index contributed by atoms with van der Waals surface area (Å²) >= 11 is 0. The predicted molar refractivity (Wildman–Crippen MR) is 116 cm³/mol. The Bertz CT molecular complexity index is 938. The molecule has 2 aromatic rings. The number of rotatable bonds is 4. The van der Waals surface area contributed by atoms with E-state index in [-0.39, 0.29) is 6.10 Å². The Morgan fingerprint density at radius 3 is 2.37 bits per heavy atom. The summed E-state index contributed by atoms with van der Waals surface area (Å²) in [5.41, 5.74) is 1.90. The van der Waals surface area contributed by atoms with Crippen molar-refractivity contribution in [2.45, 2.75) is 64.4 Å². The van der Waals surface area contributed by atoms with Crippen LogP contribution in [0.15, 0.2) is 24.3 Å². The lowest BCUT2D eigenvalue weighted by Gasteiger charge is -2.36. The van der Waals surface area contributed by atoms with Crippen LogP contribution in [0.2, 0.25) is 0 Å². The highest BCUT2D eigenvalue weighted by molar-refractivity contribution is 5.85. The highest BCUT2D eigenvalue weighted by Gasteiger charge is 2.33. The molecule has 30 heavy (non-hydrogen) atoms. The van der Waals surface area contributed by atoms with Crippen molar-refractivity contribution in [1.82, 2.24) is 9.97 Å². The van der Waals surface area contributed by atoms with Crippen LogP contribution < -0.4 is 4.90 Å². The van der Waals surface area contributed by atoms with Gasteiger partial charge in [-0.25, -0.2) is 9.97 Å². The summed E-state index contributed by atoms with van der Waals surface area (Å²) in [6, 6.07) is 9.80. The lowest BCUT2D eigenvalue weighted by Crippen LogP contribution is -2.40. The fourth-order valence-electron chi connectivity index (χ4n) is 4.91. The van der Waals surface area contributed by atoms with E-state index in [9.17, 15) is 10.1 Å². The Morgan fingerprint density at radius 1 is 1.10 bits per heavy atom. The van der Waals surface area contributed by atoms with Gasteiger partial charge >= 0.3 is 5.97 Å². The van der Waals surface area contributed by atoms with Gasteiger partial charge in [0, 0.05) is 13.1 Å². The average Bonchev–Trinajstić information content (AvgIpc) is 2.74. The summed E-state index contributed by atoms with van der Waals surface area (Å²) < 4.78 is 5.75. The van der Waals surface area contributed by atoms with Crippen molar-refractivity contribution in [2.24, 2.45) is 11.8 Å². The second kappa shape index (κ2) is 8.99. The van der Waals surface area contributed by atoms with Crippen LogP contribution in [0.1, 0.15) is 64.0 Å². The Morgan fingerprint density at radius 2 is 1.73 bits per heavy atom. The molecule has 0 unspecified atom stereocenters. The number of carbonyl (C=O) groups excluding carboxylic acids is 1. The number of hydrogen-bond acceptors (Lipinski definition) is 6. The van der Waals surface area contributed by atoms with Gasteiger partial charge in [0.1, 0.15) is 11.8 Å². The first kappa shape index (κ1) is 20.6. The molecule has 4 rings (SSSR count). The molecule has 1 aromatic carbocycles. The molecule has 0 spiro atoms. The maximum absolute atomic E-state index is 13.0. The molecule has 2 aliphatic rings. The lowest BCUT2D eigenvalue weighted by atomic mass is 9.91. The Hall–Kier alpha value is -2.68. The van der Waals surface area contributed by atoms with Crippen molar-refractivity contribution >= 4 is 22.8 Å². The number of ether oxygens (including phenoxy) is 1. The van der Waals surface area contributed by atoms with Crippen LogP contribution >= 0.6 is 0 Å². The van der Waals surface area contributed by atoms with Crippen molar-refractivity contribution in [1.29, 1.82) is 5.26 Å². The highest BCUT2D eigenvalue weighted by atomic mass is 16.5. The number of esters is 1. The maximum atomic E-state index is 13.0. The number of aromatic nitrogens is 2. The molecule has 1 aliphatic heterocycles. The van der Waals surface area contributed by atoms with E-state index in [0.717, 1.165) is 50.7 Å². The monoisotopic (exact) mass is 406 g/mol. The third-order valence-electron chi connectivity index (χ3n) is 6.22. The third-order valence-corrected chi connectivity index (χ3v) is 6.22. The molecule has 3 atom stereocenters. The molecule has 1 aliphatic carbocycles. The van der Waals surface area contributed by atoms with Crippen molar-refractivity contribution in [3.8, 4) is 6.07 Å². The zero-order chi connectivity index (χ0) is 21.1. The second-order valence-corrected chi connectivity index (χ2v) is 9.03. The van der Waals surface area contributed by atoms with Gasteiger partial charge in [0.15, 0.2) is 11.7 Å². The molecule has 1 saturated heterocycles. The van der Waals surface area contributed by atoms with E-state index in [4.69, 9.17) is 14.7 Å². The first-order valence-corrected chi connectivity index (χ1v) is 11.2. The average molecular weight is 407 g/mol. The van der Waals surface area contributed by atoms with Crippen molar-refractivity contribution in [3.63, 3.8) is 0 Å². The molecule has 158 valence electrons. The summed E-state index contributed by atoms with van der Waals surface area (Å²) in [6.07, 6.45) is 6.15. The minimum Gasteiger partial charge on any atom is -0.461 e. The van der Waals surface area contributed by atoms with Gasteiger partial charge in [0.25, 0.3) is 0 Å². The third kappa shape index (κ3) is 4.40. The zero-order valence-electron chi connectivity index (χ0n) is 17.9. The van der Waals surface area contributed by atoms with Crippen molar-refractivity contribution in [3.05, 3.63) is 30.0 Å². The van der Waals surface area contributed by atoms with E-state index in [2.05, 4.69) is 24.8 Å².